The first-order chi connectivity index (χ1) is 8.86. The molecule has 1 aromatic rings. The minimum absolute atomic E-state index is 0. The lowest BCUT2D eigenvalue weighted by molar-refractivity contribution is -0.138. The summed E-state index contributed by atoms with van der Waals surface area (Å²) in [4.78, 5) is 1.95. The molecule has 0 unspecified atom stereocenters. The highest BCUT2D eigenvalue weighted by Crippen LogP contribution is 2.33. The van der Waals surface area contributed by atoms with Gasteiger partial charge in [0.25, 0.3) is 0 Å². The Hall–Kier alpha value is -0.850. The fourth-order valence-corrected chi connectivity index (χ4v) is 2.35. The van der Waals surface area contributed by atoms with Crippen molar-refractivity contribution in [3.8, 4) is 0 Å². The molecule has 1 heterocycles. The van der Waals surface area contributed by atoms with Gasteiger partial charge < -0.3 is 5.32 Å². The Labute approximate surface area is 121 Å². The average molecular weight is 313 g/mol. The van der Waals surface area contributed by atoms with Crippen LogP contribution in [0.1, 0.15) is 18.1 Å². The lowest BCUT2D eigenvalue weighted by atomic mass is 10.1. The van der Waals surface area contributed by atoms with Gasteiger partial charge >= 0.3 is 6.18 Å². The molecular weight excluding hydrogens is 296 g/mol. The van der Waals surface area contributed by atoms with E-state index >= 15 is 0 Å². The topological polar surface area (TPSA) is 15.3 Å². The minimum Gasteiger partial charge on any atom is -0.312 e. The van der Waals surface area contributed by atoms with Crippen molar-refractivity contribution in [3.05, 3.63) is 35.1 Å². The predicted octanol–water partition coefficient (Wildman–Crippen LogP) is 3.06. The van der Waals surface area contributed by atoms with Crippen LogP contribution in [0.4, 0.5) is 17.6 Å². The Morgan fingerprint density at radius 3 is 2.65 bits per heavy atom. The van der Waals surface area contributed by atoms with E-state index in [2.05, 4.69) is 5.32 Å². The maximum Gasteiger partial charge on any atom is 0.416 e. The van der Waals surface area contributed by atoms with Crippen molar-refractivity contribution in [2.75, 3.05) is 19.6 Å². The van der Waals surface area contributed by atoms with Crippen LogP contribution in [-0.2, 0) is 12.7 Å². The molecule has 0 aliphatic carbocycles. The largest absolute Gasteiger partial charge is 0.416 e. The van der Waals surface area contributed by atoms with Crippen LogP contribution in [-0.4, -0.2) is 30.6 Å². The van der Waals surface area contributed by atoms with E-state index < -0.39 is 17.6 Å². The summed E-state index contributed by atoms with van der Waals surface area (Å²) in [5.41, 5.74) is -0.748. The molecule has 20 heavy (non-hydrogen) atoms. The van der Waals surface area contributed by atoms with E-state index in [0.29, 0.717) is 19.2 Å². The van der Waals surface area contributed by atoms with E-state index in [0.717, 1.165) is 12.6 Å². The standard InChI is InChI=1S/C13H16F4N2.ClH/c1-9-7-19(5-4-18-9)8-10-2-3-11(14)6-12(10)13(15,16)17;/h2-3,6,9,18H,4-5,7-8H2,1H3;1H/t9-;/m1./s1. The molecule has 0 bridgehead atoms. The average Bonchev–Trinajstić information content (AvgIpc) is 2.30. The summed E-state index contributed by atoms with van der Waals surface area (Å²) >= 11 is 0. The molecule has 114 valence electrons. The summed E-state index contributed by atoms with van der Waals surface area (Å²) in [6, 6.07) is 3.13. The number of nitrogens with one attached hydrogen (secondary N) is 1. The third kappa shape index (κ3) is 4.33. The molecule has 0 amide bonds. The summed E-state index contributed by atoms with van der Waals surface area (Å²) in [6.45, 7) is 4.32. The van der Waals surface area contributed by atoms with Crippen LogP contribution in [0.25, 0.3) is 0 Å². The van der Waals surface area contributed by atoms with Gasteiger partial charge in [-0.15, -0.1) is 12.4 Å². The molecule has 1 fully saturated rings. The number of piperazine rings is 1. The second-order valence-corrected chi connectivity index (χ2v) is 4.89. The number of hydrogen-bond acceptors (Lipinski definition) is 2. The third-order valence-corrected chi connectivity index (χ3v) is 3.22. The first-order valence-electron chi connectivity index (χ1n) is 6.17. The Bertz CT molecular complexity index is 450. The minimum atomic E-state index is -4.52. The summed E-state index contributed by atoms with van der Waals surface area (Å²) < 4.78 is 51.6. The first kappa shape index (κ1) is 17.2. The molecule has 1 aromatic carbocycles. The highest BCUT2D eigenvalue weighted by molar-refractivity contribution is 5.85. The number of hydrogen-bond donors (Lipinski definition) is 1. The van der Waals surface area contributed by atoms with Gasteiger partial charge in [-0.25, -0.2) is 4.39 Å². The third-order valence-electron chi connectivity index (χ3n) is 3.22. The van der Waals surface area contributed by atoms with Crippen LogP contribution in [0.3, 0.4) is 0 Å². The van der Waals surface area contributed by atoms with E-state index in [1.807, 2.05) is 11.8 Å². The van der Waals surface area contributed by atoms with Crippen LogP contribution in [0, 0.1) is 5.82 Å². The highest BCUT2D eigenvalue weighted by Gasteiger charge is 2.34. The SMILES string of the molecule is C[C@@H]1CN(Cc2ccc(F)cc2C(F)(F)F)CCN1.Cl. The van der Waals surface area contributed by atoms with Gasteiger partial charge in [-0.1, -0.05) is 6.07 Å². The van der Waals surface area contributed by atoms with Gasteiger partial charge in [0.05, 0.1) is 5.56 Å². The van der Waals surface area contributed by atoms with Crippen molar-refractivity contribution >= 4 is 12.4 Å². The summed E-state index contributed by atoms with van der Waals surface area (Å²) in [7, 11) is 0. The Morgan fingerprint density at radius 2 is 2.05 bits per heavy atom. The molecule has 2 nitrogen and oxygen atoms in total. The molecule has 7 heteroatoms. The van der Waals surface area contributed by atoms with Crippen molar-refractivity contribution < 1.29 is 17.6 Å². The zero-order valence-electron chi connectivity index (χ0n) is 11.0. The van der Waals surface area contributed by atoms with Crippen molar-refractivity contribution in [1.82, 2.24) is 10.2 Å². The summed E-state index contributed by atoms with van der Waals surface area (Å²) in [5, 5.41) is 3.23. The molecule has 1 saturated heterocycles. The molecule has 1 aliphatic rings. The van der Waals surface area contributed by atoms with Crippen molar-refractivity contribution in [3.63, 3.8) is 0 Å². The predicted molar refractivity (Wildman–Crippen MR) is 71.4 cm³/mol. The van der Waals surface area contributed by atoms with Gasteiger partial charge in [-0.05, 0) is 24.6 Å². The van der Waals surface area contributed by atoms with Crippen LogP contribution in [0.2, 0.25) is 0 Å². The fourth-order valence-electron chi connectivity index (χ4n) is 2.35. The summed E-state index contributed by atoms with van der Waals surface area (Å²) in [6.07, 6.45) is -4.52. The van der Waals surface area contributed by atoms with E-state index in [-0.39, 0.29) is 30.6 Å². The lowest BCUT2D eigenvalue weighted by Gasteiger charge is -2.32. The van der Waals surface area contributed by atoms with E-state index in [9.17, 15) is 17.6 Å². The molecule has 0 aromatic heterocycles. The zero-order chi connectivity index (χ0) is 14.0. The smallest absolute Gasteiger partial charge is 0.312 e. The Morgan fingerprint density at radius 1 is 1.35 bits per heavy atom. The molecule has 0 saturated carbocycles. The van der Waals surface area contributed by atoms with Crippen LogP contribution < -0.4 is 5.32 Å². The maximum atomic E-state index is 13.0. The first-order valence-corrected chi connectivity index (χ1v) is 6.17. The number of rotatable bonds is 2. The monoisotopic (exact) mass is 312 g/mol. The van der Waals surface area contributed by atoms with Gasteiger partial charge in [0.15, 0.2) is 0 Å². The molecule has 0 spiro atoms. The van der Waals surface area contributed by atoms with Gasteiger partial charge in [-0.2, -0.15) is 13.2 Å². The maximum absolute atomic E-state index is 13.0. The quantitative estimate of drug-likeness (QED) is 0.844. The molecule has 1 aliphatic heterocycles. The summed E-state index contributed by atoms with van der Waals surface area (Å²) in [5.74, 6) is -0.857. The Balaban J connectivity index is 0.00000200. The van der Waals surface area contributed by atoms with E-state index in [1.165, 1.54) is 6.07 Å². The van der Waals surface area contributed by atoms with Gasteiger partial charge in [0.2, 0.25) is 0 Å². The van der Waals surface area contributed by atoms with E-state index in [4.69, 9.17) is 0 Å². The molecule has 1 atom stereocenters. The van der Waals surface area contributed by atoms with Crippen LogP contribution in [0.15, 0.2) is 18.2 Å². The normalized spacial score (nSPS) is 20.6. The molecule has 1 N–H and O–H groups in total. The second kappa shape index (κ2) is 6.74. The zero-order valence-corrected chi connectivity index (χ0v) is 11.8. The van der Waals surface area contributed by atoms with Gasteiger partial charge in [0, 0.05) is 32.2 Å². The van der Waals surface area contributed by atoms with E-state index in [1.54, 1.807) is 0 Å². The van der Waals surface area contributed by atoms with Gasteiger partial charge in [-0.3, -0.25) is 4.90 Å². The van der Waals surface area contributed by atoms with Crippen molar-refractivity contribution in [2.45, 2.75) is 25.7 Å². The lowest BCUT2D eigenvalue weighted by Crippen LogP contribution is -2.48. The molecular formula is C13H17ClF4N2. The fraction of sp³-hybridized carbons (Fsp3) is 0.538. The molecule has 0 radical (unpaired) electrons. The number of halogens is 5. The number of alkyl halides is 3. The highest BCUT2D eigenvalue weighted by atomic mass is 35.5. The Kier molecular flexibility index (Phi) is 5.79. The second-order valence-electron chi connectivity index (χ2n) is 4.89. The van der Waals surface area contributed by atoms with Gasteiger partial charge in [0.1, 0.15) is 5.82 Å². The van der Waals surface area contributed by atoms with Crippen LogP contribution in [0.5, 0.6) is 0 Å². The van der Waals surface area contributed by atoms with Crippen LogP contribution >= 0.6 is 12.4 Å². The number of benzene rings is 1. The molecule has 2 rings (SSSR count). The van der Waals surface area contributed by atoms with Crippen molar-refractivity contribution in [2.24, 2.45) is 0 Å². The number of nitrogens with zero attached hydrogens (tertiary/aromatic N) is 1. The van der Waals surface area contributed by atoms with Crippen molar-refractivity contribution in [1.29, 1.82) is 0 Å².